The molecule has 0 unspecified atom stereocenters. The van der Waals surface area contributed by atoms with Gasteiger partial charge in [0.15, 0.2) is 0 Å². The number of nitrogens with one attached hydrogen (secondary N) is 1. The fraction of sp³-hybridized carbons (Fsp3) is 0.200. The Kier molecular flexibility index (Phi) is 3.31. The number of rotatable bonds is 3. The molecule has 1 heterocycles. The molecule has 0 aliphatic carbocycles. The van der Waals surface area contributed by atoms with Crippen LogP contribution in [0.1, 0.15) is 24.5 Å². The Balaban J connectivity index is 3.06. The molecule has 0 aliphatic heterocycles. The highest BCUT2D eigenvalue weighted by atomic mass is 19.1. The Hall–Kier alpha value is -1.51. The van der Waals surface area contributed by atoms with Gasteiger partial charge in [-0.3, -0.25) is 0 Å². The predicted molar refractivity (Wildman–Crippen MR) is 51.4 cm³/mol. The standard InChI is InChI=1S/C10H11FN2/c1-2-3-4-8-7-13-10(11)5-9(8)6-12/h3-7,12H,2H2,1H3/b4-3-,12-6?. The van der Waals surface area contributed by atoms with E-state index in [0.29, 0.717) is 5.56 Å². The lowest BCUT2D eigenvalue weighted by molar-refractivity contribution is 0.583. The van der Waals surface area contributed by atoms with Gasteiger partial charge in [-0.25, -0.2) is 4.98 Å². The first-order chi connectivity index (χ1) is 6.27. The van der Waals surface area contributed by atoms with Crippen molar-refractivity contribution >= 4 is 12.3 Å². The van der Waals surface area contributed by atoms with E-state index < -0.39 is 5.95 Å². The Morgan fingerprint density at radius 1 is 1.54 bits per heavy atom. The van der Waals surface area contributed by atoms with Gasteiger partial charge in [-0.2, -0.15) is 4.39 Å². The zero-order chi connectivity index (χ0) is 9.68. The molecule has 0 fully saturated rings. The van der Waals surface area contributed by atoms with Crippen molar-refractivity contribution in [1.82, 2.24) is 4.98 Å². The second-order valence-electron chi connectivity index (χ2n) is 2.59. The van der Waals surface area contributed by atoms with Gasteiger partial charge in [0.05, 0.1) is 0 Å². The fourth-order valence-corrected chi connectivity index (χ4v) is 0.964. The number of hydrogen-bond donors (Lipinski definition) is 1. The molecular weight excluding hydrogens is 167 g/mol. The molecule has 0 saturated heterocycles. The molecule has 0 amide bonds. The molecule has 1 rings (SSSR count). The molecule has 0 atom stereocenters. The summed E-state index contributed by atoms with van der Waals surface area (Å²) < 4.78 is 12.6. The predicted octanol–water partition coefficient (Wildman–Crippen LogP) is 2.64. The van der Waals surface area contributed by atoms with E-state index in [0.717, 1.165) is 18.2 Å². The Morgan fingerprint density at radius 3 is 2.92 bits per heavy atom. The summed E-state index contributed by atoms with van der Waals surface area (Å²) in [6, 6.07) is 1.25. The van der Waals surface area contributed by atoms with Crippen LogP contribution in [0.25, 0.3) is 6.08 Å². The van der Waals surface area contributed by atoms with Gasteiger partial charge < -0.3 is 5.41 Å². The highest BCUT2D eigenvalue weighted by molar-refractivity contribution is 5.82. The van der Waals surface area contributed by atoms with Crippen LogP contribution in [0.15, 0.2) is 18.3 Å². The number of aromatic nitrogens is 1. The van der Waals surface area contributed by atoms with Crippen LogP contribution in [-0.4, -0.2) is 11.2 Å². The van der Waals surface area contributed by atoms with Crippen LogP contribution < -0.4 is 0 Å². The molecule has 68 valence electrons. The second kappa shape index (κ2) is 4.50. The summed E-state index contributed by atoms with van der Waals surface area (Å²) in [7, 11) is 0. The van der Waals surface area contributed by atoms with Gasteiger partial charge in [0.1, 0.15) is 0 Å². The van der Waals surface area contributed by atoms with E-state index in [-0.39, 0.29) is 0 Å². The third-order valence-corrected chi connectivity index (χ3v) is 1.62. The fourth-order valence-electron chi connectivity index (χ4n) is 0.964. The van der Waals surface area contributed by atoms with Gasteiger partial charge in [0, 0.05) is 29.6 Å². The third kappa shape index (κ3) is 2.47. The summed E-state index contributed by atoms with van der Waals surface area (Å²) >= 11 is 0. The van der Waals surface area contributed by atoms with Gasteiger partial charge in [-0.1, -0.05) is 19.1 Å². The monoisotopic (exact) mass is 178 g/mol. The number of halogens is 1. The number of pyridine rings is 1. The molecule has 0 aliphatic rings. The minimum atomic E-state index is -0.549. The lowest BCUT2D eigenvalue weighted by Crippen LogP contribution is -1.91. The molecule has 0 bridgehead atoms. The summed E-state index contributed by atoms with van der Waals surface area (Å²) in [5.41, 5.74) is 1.33. The minimum absolute atomic E-state index is 0.549. The summed E-state index contributed by atoms with van der Waals surface area (Å²) in [4.78, 5) is 3.52. The maximum Gasteiger partial charge on any atom is 0.213 e. The van der Waals surface area contributed by atoms with Crippen LogP contribution >= 0.6 is 0 Å². The quantitative estimate of drug-likeness (QED) is 0.560. The molecule has 3 heteroatoms. The zero-order valence-electron chi connectivity index (χ0n) is 7.42. The normalized spacial score (nSPS) is 10.6. The van der Waals surface area contributed by atoms with E-state index in [1.165, 1.54) is 12.3 Å². The first-order valence-electron chi connectivity index (χ1n) is 4.10. The zero-order valence-corrected chi connectivity index (χ0v) is 7.42. The molecule has 1 N–H and O–H groups in total. The summed E-state index contributed by atoms with van der Waals surface area (Å²) in [5.74, 6) is -0.549. The van der Waals surface area contributed by atoms with Gasteiger partial charge in [0.2, 0.25) is 5.95 Å². The van der Waals surface area contributed by atoms with Gasteiger partial charge >= 0.3 is 0 Å². The van der Waals surface area contributed by atoms with Crippen LogP contribution in [-0.2, 0) is 0 Å². The van der Waals surface area contributed by atoms with E-state index in [1.807, 2.05) is 19.1 Å². The van der Waals surface area contributed by atoms with Gasteiger partial charge in [-0.15, -0.1) is 0 Å². The van der Waals surface area contributed by atoms with Crippen molar-refractivity contribution in [3.63, 3.8) is 0 Å². The van der Waals surface area contributed by atoms with Crippen molar-refractivity contribution in [3.8, 4) is 0 Å². The molecule has 13 heavy (non-hydrogen) atoms. The molecule has 0 radical (unpaired) electrons. The van der Waals surface area contributed by atoms with Crippen molar-refractivity contribution in [2.24, 2.45) is 0 Å². The molecule has 2 nitrogen and oxygen atoms in total. The Bertz CT molecular complexity index is 332. The topological polar surface area (TPSA) is 36.7 Å². The highest BCUT2D eigenvalue weighted by Gasteiger charge is 1.98. The smallest absolute Gasteiger partial charge is 0.213 e. The van der Waals surface area contributed by atoms with Crippen LogP contribution in [0.2, 0.25) is 0 Å². The summed E-state index contributed by atoms with van der Waals surface area (Å²) in [6.45, 7) is 2.01. The Labute approximate surface area is 76.6 Å². The van der Waals surface area contributed by atoms with E-state index in [1.54, 1.807) is 0 Å². The van der Waals surface area contributed by atoms with Crippen molar-refractivity contribution in [2.45, 2.75) is 13.3 Å². The summed E-state index contributed by atoms with van der Waals surface area (Å²) in [5, 5.41) is 7.06. The van der Waals surface area contributed by atoms with Crippen molar-refractivity contribution in [2.75, 3.05) is 0 Å². The third-order valence-electron chi connectivity index (χ3n) is 1.62. The summed E-state index contributed by atoms with van der Waals surface area (Å²) in [6.07, 6.45) is 7.26. The second-order valence-corrected chi connectivity index (χ2v) is 2.59. The number of nitrogens with zero attached hydrogens (tertiary/aromatic N) is 1. The Morgan fingerprint density at radius 2 is 2.31 bits per heavy atom. The maximum absolute atomic E-state index is 12.6. The van der Waals surface area contributed by atoms with Crippen LogP contribution in [0.3, 0.4) is 0 Å². The highest BCUT2D eigenvalue weighted by Crippen LogP contribution is 2.08. The lowest BCUT2D eigenvalue weighted by Gasteiger charge is -1.98. The van der Waals surface area contributed by atoms with Crippen LogP contribution in [0.4, 0.5) is 4.39 Å². The molecule has 0 aromatic carbocycles. The molecule has 0 spiro atoms. The average molecular weight is 178 g/mol. The average Bonchev–Trinajstić information content (AvgIpc) is 2.16. The largest absolute Gasteiger partial charge is 0.308 e. The maximum atomic E-state index is 12.6. The van der Waals surface area contributed by atoms with E-state index in [4.69, 9.17) is 5.41 Å². The van der Waals surface area contributed by atoms with E-state index >= 15 is 0 Å². The molecular formula is C10H11FN2. The lowest BCUT2D eigenvalue weighted by atomic mass is 10.1. The molecule has 1 aromatic heterocycles. The molecule has 0 saturated carbocycles. The number of hydrogen-bond acceptors (Lipinski definition) is 2. The van der Waals surface area contributed by atoms with E-state index in [9.17, 15) is 4.39 Å². The van der Waals surface area contributed by atoms with Crippen molar-refractivity contribution in [3.05, 3.63) is 35.4 Å². The first kappa shape index (κ1) is 9.58. The minimum Gasteiger partial charge on any atom is -0.308 e. The molecule has 1 aromatic rings. The number of allylic oxidation sites excluding steroid dienone is 1. The van der Waals surface area contributed by atoms with Gasteiger partial charge in [-0.05, 0) is 6.42 Å². The van der Waals surface area contributed by atoms with Crippen molar-refractivity contribution in [1.29, 1.82) is 5.41 Å². The first-order valence-corrected chi connectivity index (χ1v) is 4.10. The van der Waals surface area contributed by atoms with Crippen molar-refractivity contribution < 1.29 is 4.39 Å². The van der Waals surface area contributed by atoms with Crippen LogP contribution in [0.5, 0.6) is 0 Å². The van der Waals surface area contributed by atoms with Gasteiger partial charge in [0.25, 0.3) is 0 Å². The SMILES string of the molecule is CC/C=C\c1cnc(F)cc1C=N. The van der Waals surface area contributed by atoms with E-state index in [2.05, 4.69) is 4.98 Å². The van der Waals surface area contributed by atoms with Crippen LogP contribution in [0, 0.1) is 11.4 Å².